The van der Waals surface area contributed by atoms with Gasteiger partial charge in [-0.25, -0.2) is 13.1 Å². The highest BCUT2D eigenvalue weighted by molar-refractivity contribution is 7.89. The van der Waals surface area contributed by atoms with Crippen molar-refractivity contribution in [3.05, 3.63) is 28.3 Å². The van der Waals surface area contributed by atoms with Crippen LogP contribution in [0.5, 0.6) is 0 Å². The Balaban J connectivity index is 1.64. The molecule has 0 bridgehead atoms. The van der Waals surface area contributed by atoms with Crippen LogP contribution in [-0.4, -0.2) is 39.0 Å². The zero-order chi connectivity index (χ0) is 18.9. The van der Waals surface area contributed by atoms with Crippen LogP contribution in [0.3, 0.4) is 0 Å². The van der Waals surface area contributed by atoms with Crippen molar-refractivity contribution >= 4 is 10.0 Å². The average molecular weight is 379 g/mol. The smallest absolute Gasteiger partial charge is 0.241 e. The van der Waals surface area contributed by atoms with Crippen LogP contribution in [0.15, 0.2) is 11.0 Å². The van der Waals surface area contributed by atoms with Gasteiger partial charge in [-0.3, -0.25) is 0 Å². The monoisotopic (exact) mass is 378 g/mol. The van der Waals surface area contributed by atoms with Crippen molar-refractivity contribution in [3.8, 4) is 0 Å². The number of benzene rings is 1. The second-order valence-electron chi connectivity index (χ2n) is 8.44. The number of piperidine rings is 1. The standard InChI is InChI=1S/C21H34N2O2S/c1-15-13-16(2)18(4)21(17(15)3)26(24,25)22-20-9-11-23(12-10-20)14-19-7-5-6-8-19/h13,19-20,22H,5-12,14H2,1-4H3. The summed E-state index contributed by atoms with van der Waals surface area (Å²) < 4.78 is 29.2. The van der Waals surface area contributed by atoms with E-state index in [1.165, 1.54) is 32.2 Å². The summed E-state index contributed by atoms with van der Waals surface area (Å²) in [6, 6.07) is 2.13. The highest BCUT2D eigenvalue weighted by Crippen LogP contribution is 2.28. The van der Waals surface area contributed by atoms with E-state index >= 15 is 0 Å². The van der Waals surface area contributed by atoms with Gasteiger partial charge < -0.3 is 4.90 Å². The Kier molecular flexibility index (Phi) is 6.10. The Morgan fingerprint density at radius 2 is 1.50 bits per heavy atom. The van der Waals surface area contributed by atoms with E-state index in [1.807, 2.05) is 27.7 Å². The third-order valence-electron chi connectivity index (χ3n) is 6.47. The van der Waals surface area contributed by atoms with Crippen molar-refractivity contribution in [2.75, 3.05) is 19.6 Å². The Bertz CT molecular complexity index is 718. The predicted molar refractivity (Wildman–Crippen MR) is 107 cm³/mol. The SMILES string of the molecule is Cc1cc(C)c(C)c(S(=O)(=O)NC2CCN(CC3CCCC3)CC2)c1C. The lowest BCUT2D eigenvalue weighted by Gasteiger charge is -2.34. The third-order valence-corrected chi connectivity index (χ3v) is 8.26. The highest BCUT2D eigenvalue weighted by atomic mass is 32.2. The first-order valence-corrected chi connectivity index (χ1v) is 11.6. The minimum atomic E-state index is -3.47. The molecular weight excluding hydrogens is 344 g/mol. The van der Waals surface area contributed by atoms with Crippen LogP contribution in [0.25, 0.3) is 0 Å². The number of nitrogens with zero attached hydrogens (tertiary/aromatic N) is 1. The fourth-order valence-corrected chi connectivity index (χ4v) is 6.57. The molecule has 1 aromatic rings. The van der Waals surface area contributed by atoms with Gasteiger partial charge in [0.25, 0.3) is 0 Å². The topological polar surface area (TPSA) is 49.4 Å². The van der Waals surface area contributed by atoms with Gasteiger partial charge in [0.15, 0.2) is 0 Å². The van der Waals surface area contributed by atoms with Crippen LogP contribution in [0, 0.1) is 33.6 Å². The van der Waals surface area contributed by atoms with Crippen LogP contribution in [0.2, 0.25) is 0 Å². The van der Waals surface area contributed by atoms with Crippen molar-refractivity contribution in [2.24, 2.45) is 5.92 Å². The average Bonchev–Trinajstić information content (AvgIpc) is 3.07. The van der Waals surface area contributed by atoms with Crippen molar-refractivity contribution < 1.29 is 8.42 Å². The van der Waals surface area contributed by atoms with E-state index in [4.69, 9.17) is 0 Å². The molecule has 1 aliphatic heterocycles. The van der Waals surface area contributed by atoms with E-state index in [9.17, 15) is 8.42 Å². The molecule has 146 valence electrons. The van der Waals surface area contributed by atoms with Crippen LogP contribution in [-0.2, 0) is 10.0 Å². The van der Waals surface area contributed by atoms with Gasteiger partial charge in [-0.05, 0) is 94.6 Å². The normalized spacial score (nSPS) is 20.8. The summed E-state index contributed by atoms with van der Waals surface area (Å²) in [6.45, 7) is 11.0. The molecule has 4 nitrogen and oxygen atoms in total. The van der Waals surface area contributed by atoms with Gasteiger partial charge >= 0.3 is 0 Å². The molecule has 3 rings (SSSR count). The molecule has 0 radical (unpaired) electrons. The Morgan fingerprint density at radius 1 is 0.962 bits per heavy atom. The summed E-state index contributed by atoms with van der Waals surface area (Å²) in [5.74, 6) is 0.865. The van der Waals surface area contributed by atoms with Crippen LogP contribution in [0.1, 0.15) is 60.8 Å². The minimum absolute atomic E-state index is 0.0550. The van der Waals surface area contributed by atoms with Gasteiger partial charge in [-0.2, -0.15) is 0 Å². The van der Waals surface area contributed by atoms with E-state index < -0.39 is 10.0 Å². The number of nitrogens with one attached hydrogen (secondary N) is 1. The van der Waals surface area contributed by atoms with E-state index in [0.29, 0.717) is 4.90 Å². The molecule has 0 atom stereocenters. The predicted octanol–water partition coefficient (Wildman–Crippen LogP) is 3.85. The lowest BCUT2D eigenvalue weighted by Crippen LogP contribution is -2.45. The van der Waals surface area contributed by atoms with Gasteiger partial charge in [-0.1, -0.05) is 18.9 Å². The summed E-state index contributed by atoms with van der Waals surface area (Å²) >= 11 is 0. The van der Waals surface area contributed by atoms with E-state index in [-0.39, 0.29) is 6.04 Å². The molecule has 26 heavy (non-hydrogen) atoms. The largest absolute Gasteiger partial charge is 0.303 e. The first kappa shape index (κ1) is 19.8. The lowest BCUT2D eigenvalue weighted by molar-refractivity contribution is 0.180. The quantitative estimate of drug-likeness (QED) is 0.846. The maximum Gasteiger partial charge on any atom is 0.241 e. The maximum absolute atomic E-state index is 13.1. The van der Waals surface area contributed by atoms with Gasteiger partial charge in [0.1, 0.15) is 0 Å². The molecule has 0 amide bonds. The molecule has 1 saturated heterocycles. The molecule has 1 aliphatic carbocycles. The fourth-order valence-electron chi connectivity index (χ4n) is 4.65. The summed E-state index contributed by atoms with van der Waals surface area (Å²) in [7, 11) is -3.47. The van der Waals surface area contributed by atoms with Gasteiger partial charge in [0.2, 0.25) is 10.0 Å². The summed E-state index contributed by atoms with van der Waals surface area (Å²) in [5.41, 5.74) is 3.83. The molecule has 1 saturated carbocycles. The molecule has 1 heterocycles. The van der Waals surface area contributed by atoms with Crippen molar-refractivity contribution in [1.82, 2.24) is 9.62 Å². The Hall–Kier alpha value is -0.910. The number of rotatable bonds is 5. The Morgan fingerprint density at radius 3 is 2.04 bits per heavy atom. The fraction of sp³-hybridized carbons (Fsp3) is 0.714. The third kappa shape index (κ3) is 4.32. The van der Waals surface area contributed by atoms with Crippen molar-refractivity contribution in [3.63, 3.8) is 0 Å². The number of hydrogen-bond acceptors (Lipinski definition) is 3. The number of aryl methyl sites for hydroxylation is 2. The van der Waals surface area contributed by atoms with Gasteiger partial charge in [-0.15, -0.1) is 0 Å². The second kappa shape index (κ2) is 7.99. The van der Waals surface area contributed by atoms with Crippen molar-refractivity contribution in [1.29, 1.82) is 0 Å². The zero-order valence-corrected chi connectivity index (χ0v) is 17.6. The highest BCUT2D eigenvalue weighted by Gasteiger charge is 2.28. The van der Waals surface area contributed by atoms with Crippen LogP contribution >= 0.6 is 0 Å². The van der Waals surface area contributed by atoms with E-state index in [1.54, 1.807) is 0 Å². The zero-order valence-electron chi connectivity index (χ0n) is 16.8. The van der Waals surface area contributed by atoms with Crippen LogP contribution in [0.4, 0.5) is 0 Å². The Labute approximate surface area is 159 Å². The van der Waals surface area contributed by atoms with E-state index in [0.717, 1.165) is 54.1 Å². The molecule has 1 N–H and O–H groups in total. The van der Waals surface area contributed by atoms with E-state index in [2.05, 4.69) is 15.7 Å². The first-order valence-electron chi connectivity index (χ1n) is 10.1. The first-order chi connectivity index (χ1) is 12.3. The van der Waals surface area contributed by atoms with Crippen molar-refractivity contribution in [2.45, 2.75) is 77.2 Å². The van der Waals surface area contributed by atoms with Gasteiger partial charge in [0, 0.05) is 12.6 Å². The molecule has 0 spiro atoms. The molecule has 2 fully saturated rings. The molecular formula is C21H34N2O2S. The minimum Gasteiger partial charge on any atom is -0.303 e. The summed E-state index contributed by atoms with van der Waals surface area (Å²) in [6.07, 6.45) is 7.34. The summed E-state index contributed by atoms with van der Waals surface area (Å²) in [5, 5.41) is 0. The molecule has 0 unspecified atom stereocenters. The number of sulfonamides is 1. The summed E-state index contributed by atoms with van der Waals surface area (Å²) in [4.78, 5) is 3.03. The lowest BCUT2D eigenvalue weighted by atomic mass is 10.0. The van der Waals surface area contributed by atoms with Gasteiger partial charge in [0.05, 0.1) is 4.90 Å². The van der Waals surface area contributed by atoms with Crippen LogP contribution < -0.4 is 4.72 Å². The maximum atomic E-state index is 13.1. The number of likely N-dealkylation sites (tertiary alicyclic amines) is 1. The second-order valence-corrected chi connectivity index (χ2v) is 10.1. The molecule has 1 aromatic carbocycles. The molecule has 0 aromatic heterocycles. The number of hydrogen-bond donors (Lipinski definition) is 1. The molecule has 2 aliphatic rings. The molecule has 5 heteroatoms.